The second kappa shape index (κ2) is 39.2. The Morgan fingerprint density at radius 2 is 0.879 bits per heavy atom. The van der Waals surface area contributed by atoms with Crippen LogP contribution in [0.2, 0.25) is 0 Å². The first-order chi connectivity index (χ1) is 32.5. The third-order valence-corrected chi connectivity index (χ3v) is 9.80. The predicted octanol–water partition coefficient (Wildman–Crippen LogP) is 3.48. The van der Waals surface area contributed by atoms with Crippen molar-refractivity contribution >= 4 is 18.0 Å². The number of hydrogen-bond acceptors (Lipinski definition) is 16. The van der Waals surface area contributed by atoms with Crippen LogP contribution in [-0.2, 0) is 71.2 Å². The summed E-state index contributed by atoms with van der Waals surface area (Å²) >= 11 is 0. The molecule has 0 radical (unpaired) electrons. The van der Waals surface area contributed by atoms with E-state index in [9.17, 15) is 19.5 Å². The van der Waals surface area contributed by atoms with Gasteiger partial charge in [-0.1, -0.05) is 48.5 Å². The molecule has 0 saturated carbocycles. The van der Waals surface area contributed by atoms with E-state index in [4.69, 9.17) is 61.6 Å². The van der Waals surface area contributed by atoms with Gasteiger partial charge in [0.05, 0.1) is 152 Å². The molecule has 1 atom stereocenters. The number of amides is 2. The normalized spacial score (nSPS) is 12.5. The first-order valence-corrected chi connectivity index (χ1v) is 23.0. The number of ether oxygens (including phenoxy) is 13. The summed E-state index contributed by atoms with van der Waals surface area (Å²) < 4.78 is 70.5. The minimum atomic E-state index is -1.14. The number of carbonyl (C=O) groups excluding carboxylic acids is 2. The molecule has 19 nitrogen and oxygen atoms in total. The Bertz CT molecular complexity index is 1490. The lowest BCUT2D eigenvalue weighted by molar-refractivity contribution is -0.139. The van der Waals surface area contributed by atoms with Crippen LogP contribution >= 0.6 is 0 Å². The van der Waals surface area contributed by atoms with Crippen LogP contribution in [0.15, 0.2) is 48.5 Å². The topological polar surface area (TPSA) is 215 Å². The molecule has 66 heavy (non-hydrogen) atoms. The third kappa shape index (κ3) is 27.1. The number of fused-ring (bicyclic) bond motifs is 3. The van der Waals surface area contributed by atoms with Crippen molar-refractivity contribution < 1.29 is 81.1 Å². The van der Waals surface area contributed by atoms with Crippen LogP contribution in [0.5, 0.6) is 0 Å². The van der Waals surface area contributed by atoms with Crippen LogP contribution in [0.1, 0.15) is 42.7 Å². The summed E-state index contributed by atoms with van der Waals surface area (Å²) in [5.41, 5.74) is 4.37. The van der Waals surface area contributed by atoms with Crippen LogP contribution in [0.3, 0.4) is 0 Å². The summed E-state index contributed by atoms with van der Waals surface area (Å²) in [6.07, 6.45) is 0.656. The van der Waals surface area contributed by atoms with Gasteiger partial charge in [0.2, 0.25) is 5.91 Å². The zero-order valence-corrected chi connectivity index (χ0v) is 38.8. The van der Waals surface area contributed by atoms with Gasteiger partial charge in [0, 0.05) is 26.0 Å². The number of methoxy groups -OCH3 is 1. The quantitative estimate of drug-likeness (QED) is 0.0811. The molecule has 0 bridgehead atoms. The third-order valence-electron chi connectivity index (χ3n) is 9.80. The molecule has 1 aliphatic rings. The molecule has 2 amide bonds. The van der Waals surface area contributed by atoms with Crippen molar-refractivity contribution in [2.24, 2.45) is 0 Å². The Hall–Kier alpha value is -3.83. The van der Waals surface area contributed by atoms with Crippen molar-refractivity contribution in [3.05, 3.63) is 59.7 Å². The average Bonchev–Trinajstić information content (AvgIpc) is 3.64. The Labute approximate surface area is 389 Å². The van der Waals surface area contributed by atoms with Crippen LogP contribution in [0, 0.1) is 0 Å². The first-order valence-electron chi connectivity index (χ1n) is 23.0. The van der Waals surface area contributed by atoms with Gasteiger partial charge < -0.3 is 77.3 Å². The van der Waals surface area contributed by atoms with Crippen LogP contribution < -0.4 is 10.6 Å². The molecule has 0 spiro atoms. The number of alkyl carbamates (subject to hydrolysis) is 1. The minimum absolute atomic E-state index is 0.0976. The van der Waals surface area contributed by atoms with Gasteiger partial charge in [-0.2, -0.15) is 0 Å². The fourth-order valence-corrected chi connectivity index (χ4v) is 6.44. The number of carbonyl (C=O) groups is 3. The number of carboxylic acids is 1. The van der Waals surface area contributed by atoms with Crippen molar-refractivity contribution in [3.8, 4) is 11.1 Å². The standard InChI is InChI=1S/C47H74N2O17/c1-54-16-17-56-20-21-58-24-25-60-28-29-62-32-33-64-36-37-65-35-34-63-31-30-61-27-26-59-23-22-57-19-18-55-15-13-45(50)48-14-7-6-12-44(46(51)52)49-47(53)66-38-43-41-10-4-2-8-39(41)40-9-3-5-11-42(40)43/h2-5,8-11,43-44H,6-7,12-38H2,1H3,(H,48,50)(H,49,53)(H,51,52). The van der Waals surface area contributed by atoms with E-state index in [-0.39, 0.29) is 37.9 Å². The van der Waals surface area contributed by atoms with Gasteiger partial charge in [-0.05, 0) is 41.5 Å². The van der Waals surface area contributed by atoms with Gasteiger partial charge in [0.1, 0.15) is 12.6 Å². The molecular formula is C47H74N2O17. The molecule has 374 valence electrons. The summed E-state index contributed by atoms with van der Waals surface area (Å²) in [7, 11) is 1.64. The number of aliphatic carboxylic acids is 1. The molecule has 2 aromatic carbocycles. The average molecular weight is 939 g/mol. The van der Waals surface area contributed by atoms with E-state index in [1.807, 2.05) is 48.5 Å². The van der Waals surface area contributed by atoms with E-state index in [1.54, 1.807) is 7.11 Å². The number of nitrogens with one attached hydrogen (secondary N) is 2. The van der Waals surface area contributed by atoms with Crippen LogP contribution in [0.4, 0.5) is 4.79 Å². The highest BCUT2D eigenvalue weighted by Gasteiger charge is 2.29. The largest absolute Gasteiger partial charge is 0.480 e. The maximum atomic E-state index is 12.6. The summed E-state index contributed by atoms with van der Waals surface area (Å²) in [5.74, 6) is -1.43. The molecule has 1 unspecified atom stereocenters. The zero-order chi connectivity index (χ0) is 47.0. The molecular weight excluding hydrogens is 865 g/mol. The van der Waals surface area contributed by atoms with Crippen molar-refractivity contribution in [1.82, 2.24) is 10.6 Å². The van der Waals surface area contributed by atoms with E-state index in [0.717, 1.165) is 22.3 Å². The molecule has 0 saturated heterocycles. The van der Waals surface area contributed by atoms with E-state index < -0.39 is 18.1 Å². The van der Waals surface area contributed by atoms with Gasteiger partial charge in [-0.3, -0.25) is 4.79 Å². The molecule has 3 rings (SSSR count). The Morgan fingerprint density at radius 1 is 0.515 bits per heavy atom. The lowest BCUT2D eigenvalue weighted by atomic mass is 9.98. The SMILES string of the molecule is COCCOCCOCCOCCOCCOCCOCCOCCOCCOCCOCCOCCC(=O)NCCCCC(NC(=O)OCC1c2ccccc2-c2ccccc21)C(=O)O. The summed E-state index contributed by atoms with van der Waals surface area (Å²) in [4.78, 5) is 36.6. The number of hydrogen-bond donors (Lipinski definition) is 3. The van der Waals surface area contributed by atoms with Crippen LogP contribution in [-0.4, -0.2) is 201 Å². The van der Waals surface area contributed by atoms with Crippen LogP contribution in [0.25, 0.3) is 11.1 Å². The van der Waals surface area contributed by atoms with Gasteiger partial charge >= 0.3 is 12.1 Å². The zero-order valence-electron chi connectivity index (χ0n) is 38.8. The molecule has 0 fully saturated rings. The summed E-state index contributed by atoms with van der Waals surface area (Å²) in [6.45, 7) is 11.3. The summed E-state index contributed by atoms with van der Waals surface area (Å²) in [6, 6.07) is 14.9. The van der Waals surface area contributed by atoms with Gasteiger partial charge in [0.25, 0.3) is 0 Å². The van der Waals surface area contributed by atoms with E-state index in [0.29, 0.717) is 165 Å². The van der Waals surface area contributed by atoms with E-state index in [2.05, 4.69) is 10.6 Å². The monoisotopic (exact) mass is 938 g/mol. The number of carboxylic acid groups (broad SMARTS) is 1. The Kier molecular flexibility index (Phi) is 33.5. The second-order valence-corrected chi connectivity index (χ2v) is 14.7. The maximum absolute atomic E-state index is 12.6. The van der Waals surface area contributed by atoms with Gasteiger partial charge in [0.15, 0.2) is 0 Å². The molecule has 19 heteroatoms. The lowest BCUT2D eigenvalue weighted by Crippen LogP contribution is -2.41. The molecule has 0 heterocycles. The first kappa shape index (κ1) is 56.5. The second-order valence-electron chi connectivity index (χ2n) is 14.7. The van der Waals surface area contributed by atoms with Gasteiger partial charge in [-0.15, -0.1) is 0 Å². The summed E-state index contributed by atoms with van der Waals surface area (Å²) in [5, 5.41) is 14.9. The molecule has 3 N–H and O–H groups in total. The van der Waals surface area contributed by atoms with Crippen molar-refractivity contribution in [3.63, 3.8) is 0 Å². The Balaban J connectivity index is 0.981. The number of unbranched alkanes of at least 4 members (excludes halogenated alkanes) is 1. The smallest absolute Gasteiger partial charge is 0.407 e. The highest BCUT2D eigenvalue weighted by molar-refractivity contribution is 5.81. The molecule has 0 aromatic heterocycles. The molecule has 1 aliphatic carbocycles. The number of rotatable bonds is 45. The van der Waals surface area contributed by atoms with Crippen molar-refractivity contribution in [2.45, 2.75) is 37.6 Å². The highest BCUT2D eigenvalue weighted by Crippen LogP contribution is 2.44. The molecule has 2 aromatic rings. The van der Waals surface area contributed by atoms with Crippen molar-refractivity contribution in [2.75, 3.05) is 172 Å². The van der Waals surface area contributed by atoms with Crippen molar-refractivity contribution in [1.29, 1.82) is 0 Å². The van der Waals surface area contributed by atoms with Gasteiger partial charge in [-0.25, -0.2) is 9.59 Å². The predicted molar refractivity (Wildman–Crippen MR) is 242 cm³/mol. The van der Waals surface area contributed by atoms with E-state index >= 15 is 0 Å². The minimum Gasteiger partial charge on any atom is -0.480 e. The fraction of sp³-hybridized carbons (Fsp3) is 0.681. The van der Waals surface area contributed by atoms with E-state index in [1.165, 1.54) is 0 Å². The fourth-order valence-electron chi connectivity index (χ4n) is 6.44. The Morgan fingerprint density at radius 3 is 1.26 bits per heavy atom. The highest BCUT2D eigenvalue weighted by atomic mass is 16.6. The maximum Gasteiger partial charge on any atom is 0.407 e. The number of benzene rings is 2. The molecule has 0 aliphatic heterocycles. The lowest BCUT2D eigenvalue weighted by Gasteiger charge is -2.17.